The summed E-state index contributed by atoms with van der Waals surface area (Å²) in [6, 6.07) is 0. The van der Waals surface area contributed by atoms with Crippen LogP contribution in [0.2, 0.25) is 0 Å². The average molecular weight is 238 g/mol. The Morgan fingerprint density at radius 1 is 1.47 bits per heavy atom. The standard InChI is InChI=1S/C7H14N2.CH4O4S/c1-3-4-9-6-5-8(2)7-9;1-5-6(2,3)4/h5-6H,3-4,7H2,1-2H3;1H3,(H,2,3,4). The minimum Gasteiger partial charge on any atom is -0.362 e. The van der Waals surface area contributed by atoms with Crippen LogP contribution in [0, 0.1) is 0 Å². The first kappa shape index (κ1) is 14.2. The van der Waals surface area contributed by atoms with Crippen LogP contribution in [0.25, 0.3) is 0 Å². The predicted molar refractivity (Wildman–Crippen MR) is 57.3 cm³/mol. The van der Waals surface area contributed by atoms with Crippen molar-refractivity contribution < 1.29 is 17.2 Å². The maximum atomic E-state index is 9.33. The molecule has 0 bridgehead atoms. The molecule has 6 nitrogen and oxygen atoms in total. The van der Waals surface area contributed by atoms with Crippen molar-refractivity contribution in [3.63, 3.8) is 0 Å². The zero-order valence-electron chi connectivity index (χ0n) is 9.25. The largest absolute Gasteiger partial charge is 0.397 e. The van der Waals surface area contributed by atoms with Gasteiger partial charge in [0.05, 0.1) is 13.8 Å². The molecule has 0 fully saturated rings. The number of rotatable bonds is 3. The Kier molecular flexibility index (Phi) is 6.30. The number of hydrogen-bond acceptors (Lipinski definition) is 5. The number of hydrogen-bond donors (Lipinski definition) is 1. The number of nitrogens with zero attached hydrogens (tertiary/aromatic N) is 2. The normalized spacial score (nSPS) is 15.2. The van der Waals surface area contributed by atoms with Gasteiger partial charge in [-0.15, -0.1) is 0 Å². The molecule has 1 aliphatic rings. The van der Waals surface area contributed by atoms with Gasteiger partial charge < -0.3 is 9.80 Å². The molecule has 0 unspecified atom stereocenters. The molecule has 1 heterocycles. The summed E-state index contributed by atoms with van der Waals surface area (Å²) in [5.41, 5.74) is 0. The fourth-order valence-corrected chi connectivity index (χ4v) is 1.02. The fourth-order valence-electron chi connectivity index (χ4n) is 1.02. The zero-order valence-corrected chi connectivity index (χ0v) is 10.1. The molecular formula is C8H18N2O4S. The van der Waals surface area contributed by atoms with Crippen LogP contribution in [0.3, 0.4) is 0 Å². The van der Waals surface area contributed by atoms with E-state index in [9.17, 15) is 8.42 Å². The molecule has 0 aromatic heterocycles. The molecule has 1 rings (SSSR count). The highest BCUT2D eigenvalue weighted by Gasteiger charge is 2.04. The maximum Gasteiger partial charge on any atom is 0.397 e. The average Bonchev–Trinajstić information content (AvgIpc) is 2.52. The Morgan fingerprint density at radius 2 is 2.00 bits per heavy atom. The summed E-state index contributed by atoms with van der Waals surface area (Å²) in [5, 5.41) is 0. The van der Waals surface area contributed by atoms with Crippen molar-refractivity contribution in [1.29, 1.82) is 0 Å². The van der Waals surface area contributed by atoms with Crippen molar-refractivity contribution >= 4 is 10.4 Å². The molecule has 15 heavy (non-hydrogen) atoms. The molecule has 7 heteroatoms. The Labute approximate surface area is 91.1 Å². The van der Waals surface area contributed by atoms with Crippen LogP contribution in [0.5, 0.6) is 0 Å². The van der Waals surface area contributed by atoms with Gasteiger partial charge in [-0.3, -0.25) is 8.74 Å². The minimum absolute atomic E-state index is 0.870. The van der Waals surface area contributed by atoms with Crippen LogP contribution >= 0.6 is 0 Å². The van der Waals surface area contributed by atoms with Gasteiger partial charge in [-0.05, 0) is 6.42 Å². The summed E-state index contributed by atoms with van der Waals surface area (Å²) in [4.78, 5) is 4.48. The third kappa shape index (κ3) is 8.22. The summed E-state index contributed by atoms with van der Waals surface area (Å²) < 4.78 is 29.7. The lowest BCUT2D eigenvalue weighted by molar-refractivity contribution is 0.297. The lowest BCUT2D eigenvalue weighted by atomic mass is 10.4. The van der Waals surface area contributed by atoms with Crippen LogP contribution in [-0.4, -0.2) is 50.1 Å². The van der Waals surface area contributed by atoms with E-state index >= 15 is 0 Å². The second-order valence-corrected chi connectivity index (χ2v) is 4.29. The molecule has 0 aliphatic carbocycles. The third-order valence-electron chi connectivity index (χ3n) is 1.66. The van der Waals surface area contributed by atoms with E-state index in [1.165, 1.54) is 13.0 Å². The Morgan fingerprint density at radius 3 is 2.27 bits per heavy atom. The first-order chi connectivity index (χ1) is 6.89. The van der Waals surface area contributed by atoms with E-state index in [1.807, 2.05) is 0 Å². The van der Waals surface area contributed by atoms with Gasteiger partial charge in [-0.2, -0.15) is 8.42 Å². The van der Waals surface area contributed by atoms with Crippen molar-refractivity contribution in [3.8, 4) is 0 Å². The van der Waals surface area contributed by atoms with E-state index < -0.39 is 10.4 Å². The van der Waals surface area contributed by atoms with E-state index in [1.54, 1.807) is 0 Å². The van der Waals surface area contributed by atoms with Gasteiger partial charge in [0.2, 0.25) is 0 Å². The molecule has 0 aromatic rings. The SMILES string of the molecule is CCCN1C=CN(C)C1.COS(=O)(=O)O. The smallest absolute Gasteiger partial charge is 0.362 e. The second-order valence-electron chi connectivity index (χ2n) is 3.10. The lowest BCUT2D eigenvalue weighted by Gasteiger charge is -2.16. The Bertz CT molecular complexity index is 289. The molecule has 0 amide bonds. The van der Waals surface area contributed by atoms with Crippen molar-refractivity contribution in [2.24, 2.45) is 0 Å². The summed E-state index contributed by atoms with van der Waals surface area (Å²) >= 11 is 0. The van der Waals surface area contributed by atoms with Gasteiger partial charge in [0.25, 0.3) is 0 Å². The topological polar surface area (TPSA) is 70.1 Å². The van der Waals surface area contributed by atoms with Crippen molar-refractivity contribution in [3.05, 3.63) is 12.4 Å². The summed E-state index contributed by atoms with van der Waals surface area (Å²) in [5.74, 6) is 0. The van der Waals surface area contributed by atoms with E-state index in [2.05, 4.69) is 40.4 Å². The van der Waals surface area contributed by atoms with Gasteiger partial charge in [0.15, 0.2) is 0 Å². The summed E-state index contributed by atoms with van der Waals surface area (Å²) in [7, 11) is -1.20. The molecule has 0 radical (unpaired) electrons. The molecule has 0 aromatic carbocycles. The van der Waals surface area contributed by atoms with E-state index in [4.69, 9.17) is 4.55 Å². The van der Waals surface area contributed by atoms with Crippen LogP contribution in [0.1, 0.15) is 13.3 Å². The van der Waals surface area contributed by atoms with Gasteiger partial charge in [0, 0.05) is 26.0 Å². The first-order valence-corrected chi connectivity index (χ1v) is 5.91. The Hall–Kier alpha value is -0.790. The van der Waals surface area contributed by atoms with Gasteiger partial charge in [0.1, 0.15) is 0 Å². The third-order valence-corrected chi connectivity index (χ3v) is 2.08. The van der Waals surface area contributed by atoms with Crippen molar-refractivity contribution in [2.45, 2.75) is 13.3 Å². The second kappa shape index (κ2) is 6.65. The first-order valence-electron chi connectivity index (χ1n) is 4.54. The monoisotopic (exact) mass is 238 g/mol. The molecule has 1 aliphatic heterocycles. The van der Waals surface area contributed by atoms with Gasteiger partial charge >= 0.3 is 10.4 Å². The quantitative estimate of drug-likeness (QED) is 0.722. The maximum absolute atomic E-state index is 9.33. The van der Waals surface area contributed by atoms with E-state index in [0.717, 1.165) is 13.8 Å². The van der Waals surface area contributed by atoms with Gasteiger partial charge in [-0.1, -0.05) is 6.92 Å². The van der Waals surface area contributed by atoms with Crippen molar-refractivity contribution in [1.82, 2.24) is 9.80 Å². The predicted octanol–water partition coefficient (Wildman–Crippen LogP) is 0.508. The summed E-state index contributed by atoms with van der Waals surface area (Å²) in [6.07, 6.45) is 5.48. The lowest BCUT2D eigenvalue weighted by Crippen LogP contribution is -2.22. The zero-order chi connectivity index (χ0) is 11.9. The molecule has 1 N–H and O–H groups in total. The van der Waals surface area contributed by atoms with E-state index in [-0.39, 0.29) is 0 Å². The molecule has 0 atom stereocenters. The fraction of sp³-hybridized carbons (Fsp3) is 0.750. The highest BCUT2D eigenvalue weighted by atomic mass is 32.3. The van der Waals surface area contributed by atoms with Crippen LogP contribution in [0.15, 0.2) is 12.4 Å². The summed E-state index contributed by atoms with van der Waals surface area (Å²) in [6.45, 7) is 4.45. The molecular weight excluding hydrogens is 220 g/mol. The molecule has 0 saturated carbocycles. The van der Waals surface area contributed by atoms with Crippen LogP contribution < -0.4 is 0 Å². The van der Waals surface area contributed by atoms with E-state index in [0.29, 0.717) is 0 Å². The molecule has 0 spiro atoms. The minimum atomic E-state index is -4.16. The van der Waals surface area contributed by atoms with Crippen LogP contribution in [-0.2, 0) is 14.6 Å². The van der Waals surface area contributed by atoms with Crippen LogP contribution in [0.4, 0.5) is 0 Å². The van der Waals surface area contributed by atoms with Gasteiger partial charge in [-0.25, -0.2) is 0 Å². The molecule has 90 valence electrons. The highest BCUT2D eigenvalue weighted by molar-refractivity contribution is 7.80. The molecule has 0 saturated heterocycles. The van der Waals surface area contributed by atoms with Crippen molar-refractivity contribution in [2.75, 3.05) is 27.4 Å². The Balaban J connectivity index is 0.000000288. The highest BCUT2D eigenvalue weighted by Crippen LogP contribution is 2.02.